The molecule has 0 spiro atoms. The molecule has 9 nitrogen and oxygen atoms in total. The molecular formula is C31H39N7O2. The van der Waals surface area contributed by atoms with Gasteiger partial charge in [-0.25, -0.2) is 4.68 Å². The van der Waals surface area contributed by atoms with Gasteiger partial charge in [0.2, 0.25) is 5.91 Å². The Labute approximate surface area is 235 Å². The van der Waals surface area contributed by atoms with E-state index < -0.39 is 6.04 Å². The van der Waals surface area contributed by atoms with Crippen molar-refractivity contribution < 1.29 is 9.59 Å². The summed E-state index contributed by atoms with van der Waals surface area (Å²) >= 11 is 0. The maximum Gasteiger partial charge on any atom is 0.251 e. The third-order valence-electron chi connectivity index (χ3n) is 8.73. The van der Waals surface area contributed by atoms with Gasteiger partial charge in [0, 0.05) is 49.7 Å². The molecule has 3 atom stereocenters. The molecule has 2 aromatic carbocycles. The molecule has 9 heteroatoms. The lowest BCUT2D eigenvalue weighted by Crippen LogP contribution is -2.52. The summed E-state index contributed by atoms with van der Waals surface area (Å²) in [5.74, 6) is 0.409. The summed E-state index contributed by atoms with van der Waals surface area (Å²) in [6.45, 7) is 6.70. The molecule has 7 rings (SSSR count). The number of aryl methyl sites for hydroxylation is 1. The number of piperidine rings is 1. The van der Waals surface area contributed by atoms with Gasteiger partial charge in [-0.2, -0.15) is 0 Å². The summed E-state index contributed by atoms with van der Waals surface area (Å²) < 4.78 is 1.65. The van der Waals surface area contributed by atoms with Gasteiger partial charge in [0.05, 0.1) is 18.1 Å². The highest BCUT2D eigenvalue weighted by atomic mass is 16.2. The van der Waals surface area contributed by atoms with Crippen LogP contribution in [0.1, 0.15) is 59.5 Å². The maximum absolute atomic E-state index is 13.9. The average Bonchev–Trinajstić information content (AvgIpc) is 3.66. The van der Waals surface area contributed by atoms with Crippen molar-refractivity contribution in [3.63, 3.8) is 0 Å². The van der Waals surface area contributed by atoms with Crippen molar-refractivity contribution in [1.29, 1.82) is 0 Å². The number of nitrogens with one attached hydrogen (secondary N) is 2. The van der Waals surface area contributed by atoms with E-state index in [9.17, 15) is 9.59 Å². The molecule has 4 aliphatic rings. The van der Waals surface area contributed by atoms with Crippen molar-refractivity contribution in [3.05, 3.63) is 77.6 Å². The van der Waals surface area contributed by atoms with E-state index in [2.05, 4.69) is 57.0 Å². The van der Waals surface area contributed by atoms with Gasteiger partial charge in [0.1, 0.15) is 6.04 Å². The van der Waals surface area contributed by atoms with Crippen LogP contribution in [0.25, 0.3) is 5.69 Å². The minimum atomic E-state index is -0.538. The highest BCUT2D eigenvalue weighted by molar-refractivity contribution is 5.97. The van der Waals surface area contributed by atoms with Crippen LogP contribution in [0.3, 0.4) is 0 Å². The molecule has 0 radical (unpaired) electrons. The van der Waals surface area contributed by atoms with Crippen molar-refractivity contribution >= 4 is 11.8 Å². The second kappa shape index (κ2) is 11.9. The van der Waals surface area contributed by atoms with E-state index in [4.69, 9.17) is 0 Å². The lowest BCUT2D eigenvalue weighted by molar-refractivity contribution is -0.135. The van der Waals surface area contributed by atoms with Crippen LogP contribution in [0.5, 0.6) is 0 Å². The highest BCUT2D eigenvalue weighted by Gasteiger charge is 2.38. The van der Waals surface area contributed by atoms with Crippen LogP contribution >= 0.6 is 0 Å². The number of amides is 2. The molecular weight excluding hydrogens is 502 g/mol. The highest BCUT2D eigenvalue weighted by Crippen LogP contribution is 2.40. The van der Waals surface area contributed by atoms with Crippen molar-refractivity contribution in [2.45, 2.75) is 63.1 Å². The number of carbonyl (C=O) groups excluding carboxylic acids is 2. The molecule has 2 amide bonds. The molecule has 1 saturated carbocycles. The topological polar surface area (TPSA) is 95.4 Å². The van der Waals surface area contributed by atoms with Gasteiger partial charge in [0.25, 0.3) is 5.91 Å². The first-order chi connectivity index (χ1) is 19.5. The van der Waals surface area contributed by atoms with Gasteiger partial charge < -0.3 is 20.4 Å². The first-order valence-corrected chi connectivity index (χ1v) is 14.7. The summed E-state index contributed by atoms with van der Waals surface area (Å²) in [6.07, 6.45) is 7.99. The number of hydrogen-bond acceptors (Lipinski definition) is 6. The SMILES string of the molecule is Cc1ccc([C@@H]2C[C@H]2NCCC[C@H](NC(=O)c2ccc(-n3ccnn3)cc2)C(=O)N2CCN3CCC2CC3)cc1. The van der Waals surface area contributed by atoms with E-state index in [1.165, 1.54) is 11.1 Å². The fraction of sp³-hybridized carbons (Fsp3) is 0.484. The number of aromatic nitrogens is 3. The van der Waals surface area contributed by atoms with Crippen LogP contribution in [0.4, 0.5) is 0 Å². The Kier molecular flexibility index (Phi) is 7.93. The van der Waals surface area contributed by atoms with Crippen LogP contribution in [-0.4, -0.2) is 87.5 Å². The van der Waals surface area contributed by atoms with Gasteiger partial charge in [-0.3, -0.25) is 9.59 Å². The summed E-state index contributed by atoms with van der Waals surface area (Å²) in [6, 6.07) is 16.3. The molecule has 2 N–H and O–H groups in total. The van der Waals surface area contributed by atoms with Gasteiger partial charge in [-0.1, -0.05) is 35.0 Å². The van der Waals surface area contributed by atoms with Crippen molar-refractivity contribution in [1.82, 2.24) is 35.4 Å². The van der Waals surface area contributed by atoms with Crippen LogP contribution in [0.2, 0.25) is 0 Å². The zero-order valence-corrected chi connectivity index (χ0v) is 23.2. The normalized spacial score (nSPS) is 24.4. The van der Waals surface area contributed by atoms with Crippen molar-refractivity contribution in [3.8, 4) is 5.69 Å². The van der Waals surface area contributed by atoms with E-state index >= 15 is 0 Å². The molecule has 2 bridgehead atoms. The lowest BCUT2D eigenvalue weighted by Gasteiger charge is -2.34. The first kappa shape index (κ1) is 26.7. The summed E-state index contributed by atoms with van der Waals surface area (Å²) in [5, 5.41) is 14.6. The number of rotatable bonds is 10. The molecule has 3 aromatic rings. The predicted octanol–water partition coefficient (Wildman–Crippen LogP) is 2.91. The summed E-state index contributed by atoms with van der Waals surface area (Å²) in [5.41, 5.74) is 4.03. The third-order valence-corrected chi connectivity index (χ3v) is 8.73. The molecule has 1 aromatic heterocycles. The van der Waals surface area contributed by atoms with E-state index in [1.54, 1.807) is 29.2 Å². The molecule has 1 aliphatic carbocycles. The summed E-state index contributed by atoms with van der Waals surface area (Å²) in [7, 11) is 0. The fourth-order valence-corrected chi connectivity index (χ4v) is 6.18. The van der Waals surface area contributed by atoms with Gasteiger partial charge in [-0.05, 0) is 75.4 Å². The van der Waals surface area contributed by atoms with E-state index in [1.807, 2.05) is 17.0 Å². The largest absolute Gasteiger partial charge is 0.340 e. The third kappa shape index (κ3) is 6.10. The fourth-order valence-electron chi connectivity index (χ4n) is 6.18. The summed E-state index contributed by atoms with van der Waals surface area (Å²) in [4.78, 5) is 31.7. The minimum Gasteiger partial charge on any atom is -0.340 e. The second-order valence-corrected chi connectivity index (χ2v) is 11.5. The molecule has 0 unspecified atom stereocenters. The van der Waals surface area contributed by atoms with E-state index in [-0.39, 0.29) is 17.9 Å². The zero-order valence-electron chi connectivity index (χ0n) is 23.2. The quantitative estimate of drug-likeness (QED) is 0.384. The number of hydrogen-bond donors (Lipinski definition) is 2. The van der Waals surface area contributed by atoms with Crippen LogP contribution < -0.4 is 10.6 Å². The van der Waals surface area contributed by atoms with Gasteiger partial charge in [0.15, 0.2) is 0 Å². The lowest BCUT2D eigenvalue weighted by atomic mass is 10.0. The number of nitrogens with zero attached hydrogens (tertiary/aromatic N) is 5. The minimum absolute atomic E-state index is 0.0605. The predicted molar refractivity (Wildman–Crippen MR) is 153 cm³/mol. The van der Waals surface area contributed by atoms with E-state index in [0.717, 1.165) is 64.1 Å². The Bertz CT molecular complexity index is 1280. The monoisotopic (exact) mass is 541 g/mol. The smallest absolute Gasteiger partial charge is 0.251 e. The zero-order chi connectivity index (χ0) is 27.5. The Morgan fingerprint density at radius 1 is 1.00 bits per heavy atom. The van der Waals surface area contributed by atoms with Crippen LogP contribution in [0.15, 0.2) is 60.9 Å². The Morgan fingerprint density at radius 3 is 2.50 bits per heavy atom. The molecule has 3 aliphatic heterocycles. The first-order valence-electron chi connectivity index (χ1n) is 14.7. The molecule has 40 heavy (non-hydrogen) atoms. The molecule has 4 heterocycles. The van der Waals surface area contributed by atoms with Crippen molar-refractivity contribution in [2.75, 3.05) is 32.7 Å². The number of carbonyl (C=O) groups is 2. The molecule has 4 fully saturated rings. The van der Waals surface area contributed by atoms with Crippen molar-refractivity contribution in [2.24, 2.45) is 0 Å². The standard InChI is InChI=1S/C31H39N7O2/c1-22-4-6-23(7-5-22)27-21-29(27)32-14-2-3-28(31(40)37-20-19-36-16-12-25(37)13-17-36)34-30(39)24-8-10-26(11-9-24)38-18-15-33-35-38/h4-11,15,18,25,27-29,32H,2-3,12-14,16-17,19-21H2,1H3,(H,34,39)/t27-,28-,29+/m0/s1. The Balaban J connectivity index is 1.08. The molecule has 3 saturated heterocycles. The molecule has 210 valence electrons. The van der Waals surface area contributed by atoms with Gasteiger partial charge in [-0.15, -0.1) is 5.10 Å². The Hall–Kier alpha value is -3.56. The van der Waals surface area contributed by atoms with E-state index in [0.29, 0.717) is 23.9 Å². The maximum atomic E-state index is 13.9. The van der Waals surface area contributed by atoms with Gasteiger partial charge >= 0.3 is 0 Å². The Morgan fingerprint density at radius 2 is 1.77 bits per heavy atom. The average molecular weight is 542 g/mol. The van der Waals surface area contributed by atoms with Crippen LogP contribution in [0, 0.1) is 6.92 Å². The number of benzene rings is 2. The number of fused-ring (bicyclic) bond motifs is 4. The second-order valence-electron chi connectivity index (χ2n) is 11.5. The van der Waals surface area contributed by atoms with Crippen LogP contribution in [-0.2, 0) is 4.79 Å².